The predicted octanol–water partition coefficient (Wildman–Crippen LogP) is 3.46. The maximum atomic E-state index is 11.8. The minimum absolute atomic E-state index is 0.278. The molecule has 5 nitrogen and oxygen atoms in total. The molecule has 0 aliphatic rings. The molecule has 24 heavy (non-hydrogen) atoms. The molecule has 2 rings (SSSR count). The lowest BCUT2D eigenvalue weighted by Crippen LogP contribution is -2.23. The zero-order valence-corrected chi connectivity index (χ0v) is 14.0. The van der Waals surface area contributed by atoms with Crippen molar-refractivity contribution in [3.8, 4) is 5.75 Å². The van der Waals surface area contributed by atoms with Crippen LogP contribution in [0, 0.1) is 0 Å². The Labute approximate surface area is 145 Å². The third-order valence-corrected chi connectivity index (χ3v) is 3.41. The molecular formula is C18H18ClNO4. The van der Waals surface area contributed by atoms with Crippen LogP contribution in [0.3, 0.4) is 0 Å². The maximum Gasteiger partial charge on any atom is 0.344 e. The van der Waals surface area contributed by atoms with Crippen LogP contribution < -0.4 is 10.1 Å². The molecule has 0 unspecified atom stereocenters. The minimum atomic E-state index is -0.623. The Morgan fingerprint density at radius 3 is 2.54 bits per heavy atom. The summed E-state index contributed by atoms with van der Waals surface area (Å²) in [5.41, 5.74) is 1.79. The van der Waals surface area contributed by atoms with Crippen LogP contribution >= 0.6 is 11.6 Å². The van der Waals surface area contributed by atoms with E-state index in [-0.39, 0.29) is 13.2 Å². The number of carbonyl (C=O) groups is 2. The molecule has 0 heterocycles. The van der Waals surface area contributed by atoms with E-state index in [1.54, 1.807) is 30.3 Å². The van der Waals surface area contributed by atoms with Gasteiger partial charge in [-0.1, -0.05) is 30.7 Å². The topological polar surface area (TPSA) is 64.6 Å². The Bertz CT molecular complexity index is 700. The molecule has 6 heteroatoms. The zero-order chi connectivity index (χ0) is 17.4. The fourth-order valence-electron chi connectivity index (χ4n) is 1.93. The zero-order valence-electron chi connectivity index (χ0n) is 13.3. The van der Waals surface area contributed by atoms with Gasteiger partial charge in [-0.05, 0) is 48.4 Å². The van der Waals surface area contributed by atoms with Crippen LogP contribution in [-0.2, 0) is 20.7 Å². The molecule has 0 aliphatic heterocycles. The standard InChI is InChI=1S/C18H18ClNO4/c1-2-13-4-3-5-15(10-13)20-17(21)11-24-18(22)12-23-16-8-6-14(19)7-9-16/h3-10H,2,11-12H2,1H3,(H,20,21). The van der Waals surface area contributed by atoms with Crippen molar-refractivity contribution in [2.45, 2.75) is 13.3 Å². The van der Waals surface area contributed by atoms with Gasteiger partial charge in [0, 0.05) is 10.7 Å². The van der Waals surface area contributed by atoms with Crippen molar-refractivity contribution in [1.29, 1.82) is 0 Å². The van der Waals surface area contributed by atoms with Crippen LogP contribution in [0.2, 0.25) is 5.02 Å². The number of anilines is 1. The van der Waals surface area contributed by atoms with E-state index in [0.29, 0.717) is 16.5 Å². The molecule has 1 amide bonds. The smallest absolute Gasteiger partial charge is 0.344 e. The van der Waals surface area contributed by atoms with Crippen LogP contribution in [0.15, 0.2) is 48.5 Å². The largest absolute Gasteiger partial charge is 0.482 e. The van der Waals surface area contributed by atoms with Gasteiger partial charge in [-0.15, -0.1) is 0 Å². The van der Waals surface area contributed by atoms with E-state index in [0.717, 1.165) is 12.0 Å². The van der Waals surface area contributed by atoms with Crippen LogP contribution in [0.4, 0.5) is 5.69 Å². The second-order valence-electron chi connectivity index (χ2n) is 5.01. The van der Waals surface area contributed by atoms with Gasteiger partial charge in [0.25, 0.3) is 5.91 Å². The van der Waals surface area contributed by atoms with Crippen molar-refractivity contribution in [1.82, 2.24) is 0 Å². The SMILES string of the molecule is CCc1cccc(NC(=O)COC(=O)COc2ccc(Cl)cc2)c1. The molecule has 2 aromatic carbocycles. The Kier molecular flexibility index (Phi) is 6.63. The molecule has 1 N–H and O–H groups in total. The van der Waals surface area contributed by atoms with E-state index < -0.39 is 11.9 Å². The molecular weight excluding hydrogens is 330 g/mol. The molecule has 0 saturated heterocycles. The summed E-state index contributed by atoms with van der Waals surface area (Å²) in [6.45, 7) is 1.39. The van der Waals surface area contributed by atoms with Crippen LogP contribution in [0.25, 0.3) is 0 Å². The Morgan fingerprint density at radius 2 is 1.83 bits per heavy atom. The summed E-state index contributed by atoms with van der Waals surface area (Å²) in [6, 6.07) is 14.1. The van der Waals surface area contributed by atoms with Crippen molar-refractivity contribution in [2.24, 2.45) is 0 Å². The Hall–Kier alpha value is -2.53. The van der Waals surface area contributed by atoms with E-state index in [9.17, 15) is 9.59 Å². The number of nitrogens with one attached hydrogen (secondary N) is 1. The first-order valence-electron chi connectivity index (χ1n) is 7.49. The Balaban J connectivity index is 1.72. The van der Waals surface area contributed by atoms with Gasteiger partial charge in [0.05, 0.1) is 0 Å². The first kappa shape index (κ1) is 17.8. The first-order valence-corrected chi connectivity index (χ1v) is 7.87. The lowest BCUT2D eigenvalue weighted by atomic mass is 10.1. The van der Waals surface area contributed by atoms with E-state index in [1.165, 1.54) is 0 Å². The number of hydrogen-bond donors (Lipinski definition) is 1. The summed E-state index contributed by atoms with van der Waals surface area (Å²) in [7, 11) is 0. The van der Waals surface area contributed by atoms with Gasteiger partial charge in [-0.3, -0.25) is 4.79 Å². The molecule has 0 fully saturated rings. The summed E-state index contributed by atoms with van der Waals surface area (Å²) in [5, 5.41) is 3.26. The van der Waals surface area contributed by atoms with Crippen LogP contribution in [-0.4, -0.2) is 25.1 Å². The molecule has 0 aromatic heterocycles. The van der Waals surface area contributed by atoms with Gasteiger partial charge in [0.1, 0.15) is 5.75 Å². The number of ether oxygens (including phenoxy) is 2. The van der Waals surface area contributed by atoms with E-state index in [4.69, 9.17) is 21.1 Å². The molecule has 2 aromatic rings. The predicted molar refractivity (Wildman–Crippen MR) is 92.4 cm³/mol. The molecule has 126 valence electrons. The monoisotopic (exact) mass is 347 g/mol. The van der Waals surface area contributed by atoms with Crippen molar-refractivity contribution < 1.29 is 19.1 Å². The highest BCUT2D eigenvalue weighted by atomic mass is 35.5. The normalized spacial score (nSPS) is 10.1. The van der Waals surface area contributed by atoms with Gasteiger partial charge in [0.2, 0.25) is 0 Å². The number of aryl methyl sites for hydroxylation is 1. The minimum Gasteiger partial charge on any atom is -0.482 e. The number of hydrogen-bond acceptors (Lipinski definition) is 4. The third kappa shape index (κ3) is 5.93. The average molecular weight is 348 g/mol. The van der Waals surface area contributed by atoms with E-state index in [1.807, 2.05) is 25.1 Å². The summed E-state index contributed by atoms with van der Waals surface area (Å²) in [4.78, 5) is 23.4. The van der Waals surface area contributed by atoms with Gasteiger partial charge in [-0.2, -0.15) is 0 Å². The average Bonchev–Trinajstić information content (AvgIpc) is 2.59. The van der Waals surface area contributed by atoms with Crippen molar-refractivity contribution in [3.63, 3.8) is 0 Å². The number of amides is 1. The van der Waals surface area contributed by atoms with Crippen molar-refractivity contribution in [2.75, 3.05) is 18.5 Å². The second kappa shape index (κ2) is 8.93. The number of benzene rings is 2. The fourth-order valence-corrected chi connectivity index (χ4v) is 2.05. The van der Waals surface area contributed by atoms with Gasteiger partial charge >= 0.3 is 5.97 Å². The maximum absolute atomic E-state index is 11.8. The second-order valence-corrected chi connectivity index (χ2v) is 5.44. The number of carbonyl (C=O) groups excluding carboxylic acids is 2. The summed E-state index contributed by atoms with van der Waals surface area (Å²) in [6.07, 6.45) is 0.876. The van der Waals surface area contributed by atoms with Crippen LogP contribution in [0.1, 0.15) is 12.5 Å². The summed E-state index contributed by atoms with van der Waals surface area (Å²) in [5.74, 6) is -0.525. The molecule has 0 atom stereocenters. The van der Waals surface area contributed by atoms with Crippen molar-refractivity contribution >= 4 is 29.2 Å². The lowest BCUT2D eigenvalue weighted by Gasteiger charge is -2.08. The molecule has 0 spiro atoms. The van der Waals surface area contributed by atoms with E-state index in [2.05, 4.69) is 5.32 Å². The molecule has 0 saturated carbocycles. The lowest BCUT2D eigenvalue weighted by molar-refractivity contribution is -0.149. The third-order valence-electron chi connectivity index (χ3n) is 3.15. The molecule has 0 radical (unpaired) electrons. The fraction of sp³-hybridized carbons (Fsp3) is 0.222. The highest BCUT2D eigenvalue weighted by Crippen LogP contribution is 2.15. The Morgan fingerprint density at radius 1 is 1.08 bits per heavy atom. The summed E-state index contributed by atoms with van der Waals surface area (Å²) >= 11 is 5.75. The van der Waals surface area contributed by atoms with Crippen molar-refractivity contribution in [3.05, 3.63) is 59.1 Å². The first-order chi connectivity index (χ1) is 11.6. The van der Waals surface area contributed by atoms with Gasteiger partial charge in [0.15, 0.2) is 13.2 Å². The molecule has 0 bridgehead atoms. The quantitative estimate of drug-likeness (QED) is 0.779. The highest BCUT2D eigenvalue weighted by molar-refractivity contribution is 6.30. The van der Waals surface area contributed by atoms with Gasteiger partial charge < -0.3 is 14.8 Å². The number of halogens is 1. The van der Waals surface area contributed by atoms with E-state index >= 15 is 0 Å². The number of esters is 1. The van der Waals surface area contributed by atoms with Gasteiger partial charge in [-0.25, -0.2) is 4.79 Å². The summed E-state index contributed by atoms with van der Waals surface area (Å²) < 4.78 is 10.1. The number of rotatable bonds is 7. The molecule has 0 aliphatic carbocycles. The highest BCUT2D eigenvalue weighted by Gasteiger charge is 2.09. The van der Waals surface area contributed by atoms with Crippen LogP contribution in [0.5, 0.6) is 5.75 Å².